The summed E-state index contributed by atoms with van der Waals surface area (Å²) in [6.07, 6.45) is -0.474. The van der Waals surface area contributed by atoms with Crippen LogP contribution in [0.25, 0.3) is 0 Å². The molecule has 1 aliphatic rings. The lowest BCUT2D eigenvalue weighted by atomic mass is 9.78. The van der Waals surface area contributed by atoms with E-state index >= 15 is 0 Å². The van der Waals surface area contributed by atoms with Crippen molar-refractivity contribution >= 4 is 17.5 Å². The highest BCUT2D eigenvalue weighted by atomic mass is 19.4. The largest absolute Gasteiger partial charge is 0.484 e. The molecular weight excluding hydrogens is 361 g/mol. The van der Waals surface area contributed by atoms with Crippen molar-refractivity contribution in [2.45, 2.75) is 51.7 Å². The topological polar surface area (TPSA) is 67.4 Å². The molecule has 1 aromatic carbocycles. The molecule has 2 N–H and O–H groups in total. The summed E-state index contributed by atoms with van der Waals surface area (Å²) in [5.41, 5.74) is 0.193. The fourth-order valence-corrected chi connectivity index (χ4v) is 3.39. The third-order valence-corrected chi connectivity index (χ3v) is 4.69. The molecule has 2 unspecified atom stereocenters. The van der Waals surface area contributed by atoms with E-state index in [1.54, 1.807) is 0 Å². The minimum absolute atomic E-state index is 0.0431. The first kappa shape index (κ1) is 21.1. The van der Waals surface area contributed by atoms with Crippen LogP contribution in [-0.4, -0.2) is 30.6 Å². The molecule has 8 heteroatoms. The van der Waals surface area contributed by atoms with Gasteiger partial charge in [0.1, 0.15) is 5.75 Å². The summed E-state index contributed by atoms with van der Waals surface area (Å²) in [7, 11) is 0. The number of carbonyl (C=O) groups is 2. The third kappa shape index (κ3) is 6.77. The Morgan fingerprint density at radius 2 is 1.89 bits per heavy atom. The normalized spacial score (nSPS) is 20.2. The van der Waals surface area contributed by atoms with E-state index in [1.165, 1.54) is 24.3 Å². The maximum atomic E-state index is 12.2. The predicted molar refractivity (Wildman–Crippen MR) is 95.3 cm³/mol. The number of hydrogen-bond donors (Lipinski definition) is 2. The van der Waals surface area contributed by atoms with Gasteiger partial charge in [-0.25, -0.2) is 0 Å². The Labute approximate surface area is 156 Å². The lowest BCUT2D eigenvalue weighted by Gasteiger charge is -2.34. The maximum absolute atomic E-state index is 12.2. The van der Waals surface area contributed by atoms with Gasteiger partial charge >= 0.3 is 18.0 Å². The lowest BCUT2D eigenvalue weighted by Crippen LogP contribution is -2.47. The number of nitrogens with one attached hydrogen (secondary N) is 2. The second-order valence-electron chi connectivity index (χ2n) is 7.16. The van der Waals surface area contributed by atoms with E-state index in [4.69, 9.17) is 0 Å². The van der Waals surface area contributed by atoms with Gasteiger partial charge in [0.15, 0.2) is 6.61 Å². The number of rotatable bonds is 5. The second kappa shape index (κ2) is 9.10. The van der Waals surface area contributed by atoms with Crippen molar-refractivity contribution in [2.24, 2.45) is 11.8 Å². The van der Waals surface area contributed by atoms with Crippen molar-refractivity contribution in [3.8, 4) is 5.75 Å². The van der Waals surface area contributed by atoms with Crippen LogP contribution < -0.4 is 15.4 Å². The van der Waals surface area contributed by atoms with Crippen LogP contribution in [0.2, 0.25) is 0 Å². The minimum atomic E-state index is -4.45. The van der Waals surface area contributed by atoms with Crippen LogP contribution >= 0.6 is 0 Å². The van der Waals surface area contributed by atoms with E-state index in [2.05, 4.69) is 29.2 Å². The zero-order chi connectivity index (χ0) is 20.0. The van der Waals surface area contributed by atoms with Crippen molar-refractivity contribution < 1.29 is 27.5 Å². The maximum Gasteiger partial charge on any atom is 0.422 e. The summed E-state index contributed by atoms with van der Waals surface area (Å²) in [5.74, 6) is -0.904. The highest BCUT2D eigenvalue weighted by Gasteiger charge is 2.30. The number of hydrogen-bond acceptors (Lipinski definition) is 3. The van der Waals surface area contributed by atoms with Gasteiger partial charge in [0.2, 0.25) is 0 Å². The van der Waals surface area contributed by atoms with Crippen LogP contribution in [0.1, 0.15) is 39.5 Å². The zero-order valence-corrected chi connectivity index (χ0v) is 15.4. The van der Waals surface area contributed by atoms with Crippen LogP contribution in [-0.2, 0) is 9.59 Å². The standard InChI is InChI=1S/C19H25F3N2O3/c1-12(2)15-8-3-4-9-16(15)24-18(26)17(25)23-13-6-5-7-14(10-13)27-11-19(20,21)22/h5-7,10,12,15-16H,3-4,8-9,11H2,1-2H3,(H,23,25)(H,24,26). The van der Waals surface area contributed by atoms with Crippen molar-refractivity contribution in [1.29, 1.82) is 0 Å². The number of amides is 2. The first-order valence-electron chi connectivity index (χ1n) is 9.07. The monoisotopic (exact) mass is 386 g/mol. The summed E-state index contributed by atoms with van der Waals surface area (Å²) < 4.78 is 41.3. The molecule has 2 atom stereocenters. The van der Waals surface area contributed by atoms with E-state index < -0.39 is 24.6 Å². The molecule has 0 heterocycles. The Hall–Kier alpha value is -2.25. The second-order valence-corrected chi connectivity index (χ2v) is 7.16. The third-order valence-electron chi connectivity index (χ3n) is 4.69. The molecule has 2 rings (SSSR count). The number of halogens is 3. The Morgan fingerprint density at radius 3 is 2.56 bits per heavy atom. The molecular formula is C19H25F3N2O3. The summed E-state index contributed by atoms with van der Waals surface area (Å²) in [6, 6.07) is 5.46. The molecule has 0 aromatic heterocycles. The molecule has 1 aliphatic carbocycles. The Morgan fingerprint density at radius 1 is 1.19 bits per heavy atom. The van der Waals surface area contributed by atoms with E-state index in [1.807, 2.05) is 0 Å². The van der Waals surface area contributed by atoms with Crippen LogP contribution in [0.4, 0.5) is 18.9 Å². The summed E-state index contributed by atoms with van der Waals surface area (Å²) in [4.78, 5) is 24.4. The Kier molecular flexibility index (Phi) is 7.10. The first-order valence-corrected chi connectivity index (χ1v) is 9.07. The summed E-state index contributed by atoms with van der Waals surface area (Å²) in [6.45, 7) is 2.77. The Balaban J connectivity index is 1.93. The molecule has 5 nitrogen and oxygen atoms in total. The van der Waals surface area contributed by atoms with Gasteiger partial charge < -0.3 is 15.4 Å². The minimum Gasteiger partial charge on any atom is -0.484 e. The number of carbonyl (C=O) groups excluding carboxylic acids is 2. The average Bonchev–Trinajstić information content (AvgIpc) is 2.60. The molecule has 0 spiro atoms. The van der Waals surface area contributed by atoms with Gasteiger partial charge in [0.05, 0.1) is 0 Å². The van der Waals surface area contributed by atoms with E-state index in [-0.39, 0.29) is 17.5 Å². The lowest BCUT2D eigenvalue weighted by molar-refractivity contribution is -0.153. The molecule has 0 saturated heterocycles. The smallest absolute Gasteiger partial charge is 0.422 e. The quantitative estimate of drug-likeness (QED) is 0.755. The van der Waals surface area contributed by atoms with Gasteiger partial charge in [-0.05, 0) is 36.8 Å². The Bertz CT molecular complexity index is 662. The van der Waals surface area contributed by atoms with Crippen molar-refractivity contribution in [2.75, 3.05) is 11.9 Å². The zero-order valence-electron chi connectivity index (χ0n) is 15.4. The van der Waals surface area contributed by atoms with Gasteiger partial charge in [-0.15, -0.1) is 0 Å². The first-order chi connectivity index (χ1) is 12.7. The molecule has 1 saturated carbocycles. The van der Waals surface area contributed by atoms with Crippen LogP contribution in [0, 0.1) is 11.8 Å². The number of alkyl halides is 3. The van der Waals surface area contributed by atoms with Crippen LogP contribution in [0.3, 0.4) is 0 Å². The molecule has 0 aliphatic heterocycles. The van der Waals surface area contributed by atoms with Gasteiger partial charge in [-0.3, -0.25) is 9.59 Å². The SMILES string of the molecule is CC(C)C1CCCCC1NC(=O)C(=O)Nc1cccc(OCC(F)(F)F)c1. The average molecular weight is 386 g/mol. The van der Waals surface area contributed by atoms with Crippen molar-refractivity contribution in [3.05, 3.63) is 24.3 Å². The van der Waals surface area contributed by atoms with E-state index in [0.29, 0.717) is 11.8 Å². The van der Waals surface area contributed by atoms with E-state index in [9.17, 15) is 22.8 Å². The molecule has 150 valence electrons. The highest BCUT2D eigenvalue weighted by molar-refractivity contribution is 6.39. The van der Waals surface area contributed by atoms with Crippen LogP contribution in [0.15, 0.2) is 24.3 Å². The van der Waals surface area contributed by atoms with Crippen LogP contribution in [0.5, 0.6) is 5.75 Å². The highest BCUT2D eigenvalue weighted by Crippen LogP contribution is 2.30. The van der Waals surface area contributed by atoms with Gasteiger partial charge in [-0.2, -0.15) is 13.2 Å². The van der Waals surface area contributed by atoms with E-state index in [0.717, 1.165) is 25.7 Å². The van der Waals surface area contributed by atoms with Crippen molar-refractivity contribution in [3.63, 3.8) is 0 Å². The van der Waals surface area contributed by atoms with Gasteiger partial charge in [-0.1, -0.05) is 32.8 Å². The molecule has 1 fully saturated rings. The summed E-state index contributed by atoms with van der Waals surface area (Å²) >= 11 is 0. The number of anilines is 1. The molecule has 1 aromatic rings. The summed E-state index contributed by atoms with van der Waals surface area (Å²) in [5, 5.41) is 5.20. The molecule has 0 radical (unpaired) electrons. The van der Waals surface area contributed by atoms with Gasteiger partial charge in [0, 0.05) is 17.8 Å². The van der Waals surface area contributed by atoms with Gasteiger partial charge in [0.25, 0.3) is 0 Å². The number of benzene rings is 1. The molecule has 2 amide bonds. The molecule has 0 bridgehead atoms. The molecule has 27 heavy (non-hydrogen) atoms. The number of ether oxygens (including phenoxy) is 1. The fraction of sp³-hybridized carbons (Fsp3) is 0.579. The predicted octanol–water partition coefficient (Wildman–Crippen LogP) is 3.90. The fourth-order valence-electron chi connectivity index (χ4n) is 3.39. The van der Waals surface area contributed by atoms with Crippen molar-refractivity contribution in [1.82, 2.24) is 5.32 Å².